The Kier molecular flexibility index (Phi) is 2.67. The van der Waals surface area contributed by atoms with Crippen LogP contribution in [-0.2, 0) is 9.59 Å². The summed E-state index contributed by atoms with van der Waals surface area (Å²) in [6.07, 6.45) is 3.80. The SMILES string of the molecule is CC1CCN(C(=O)C2CCC2)C1C(=O)O. The van der Waals surface area contributed by atoms with Crippen LogP contribution in [0.2, 0.25) is 0 Å². The van der Waals surface area contributed by atoms with Gasteiger partial charge in [0, 0.05) is 12.5 Å². The van der Waals surface area contributed by atoms with E-state index in [0.717, 1.165) is 25.7 Å². The second-order valence-corrected chi connectivity index (χ2v) is 4.71. The molecule has 4 nitrogen and oxygen atoms in total. The van der Waals surface area contributed by atoms with E-state index in [-0.39, 0.29) is 17.7 Å². The van der Waals surface area contributed by atoms with Crippen molar-refractivity contribution in [2.24, 2.45) is 11.8 Å². The highest BCUT2D eigenvalue weighted by atomic mass is 16.4. The average molecular weight is 211 g/mol. The molecule has 1 aliphatic carbocycles. The number of nitrogens with zero attached hydrogens (tertiary/aromatic N) is 1. The summed E-state index contributed by atoms with van der Waals surface area (Å²) < 4.78 is 0. The molecule has 2 rings (SSSR count). The highest BCUT2D eigenvalue weighted by Gasteiger charge is 2.42. The molecule has 1 amide bonds. The van der Waals surface area contributed by atoms with E-state index in [0.29, 0.717) is 6.54 Å². The van der Waals surface area contributed by atoms with E-state index in [1.165, 1.54) is 0 Å². The third kappa shape index (κ3) is 1.73. The summed E-state index contributed by atoms with van der Waals surface area (Å²) in [5.74, 6) is -0.589. The van der Waals surface area contributed by atoms with Gasteiger partial charge in [0.15, 0.2) is 0 Å². The van der Waals surface area contributed by atoms with E-state index in [4.69, 9.17) is 5.11 Å². The molecule has 4 heteroatoms. The number of aliphatic carboxylic acids is 1. The maximum absolute atomic E-state index is 12.0. The molecule has 2 aliphatic rings. The Labute approximate surface area is 89.3 Å². The van der Waals surface area contributed by atoms with Crippen LogP contribution in [0.25, 0.3) is 0 Å². The molecule has 1 aliphatic heterocycles. The number of rotatable bonds is 2. The Hall–Kier alpha value is -1.06. The van der Waals surface area contributed by atoms with E-state index in [1.54, 1.807) is 4.90 Å². The van der Waals surface area contributed by atoms with Crippen molar-refractivity contribution in [2.75, 3.05) is 6.54 Å². The van der Waals surface area contributed by atoms with Crippen LogP contribution >= 0.6 is 0 Å². The van der Waals surface area contributed by atoms with Gasteiger partial charge in [-0.2, -0.15) is 0 Å². The van der Waals surface area contributed by atoms with Crippen LogP contribution in [0.1, 0.15) is 32.6 Å². The zero-order chi connectivity index (χ0) is 11.0. The summed E-state index contributed by atoms with van der Waals surface area (Å²) in [6.45, 7) is 2.53. The third-order valence-electron chi connectivity index (χ3n) is 3.69. The van der Waals surface area contributed by atoms with Crippen molar-refractivity contribution in [3.63, 3.8) is 0 Å². The van der Waals surface area contributed by atoms with Crippen molar-refractivity contribution in [2.45, 2.75) is 38.6 Å². The Balaban J connectivity index is 2.07. The van der Waals surface area contributed by atoms with Gasteiger partial charge in [-0.05, 0) is 25.2 Å². The molecular weight excluding hydrogens is 194 g/mol. The van der Waals surface area contributed by atoms with Gasteiger partial charge in [-0.15, -0.1) is 0 Å². The van der Waals surface area contributed by atoms with Crippen molar-refractivity contribution in [3.05, 3.63) is 0 Å². The summed E-state index contributed by atoms with van der Waals surface area (Å²) >= 11 is 0. The molecular formula is C11H17NO3. The number of amides is 1. The monoisotopic (exact) mass is 211 g/mol. The van der Waals surface area contributed by atoms with Crippen LogP contribution in [0.3, 0.4) is 0 Å². The Morgan fingerprint density at radius 1 is 1.27 bits per heavy atom. The molecule has 15 heavy (non-hydrogen) atoms. The molecule has 1 saturated carbocycles. The summed E-state index contributed by atoms with van der Waals surface area (Å²) in [6, 6.07) is -0.585. The number of hydrogen-bond donors (Lipinski definition) is 1. The van der Waals surface area contributed by atoms with E-state index in [1.807, 2.05) is 6.92 Å². The van der Waals surface area contributed by atoms with Gasteiger partial charge in [-0.25, -0.2) is 4.79 Å². The van der Waals surface area contributed by atoms with Gasteiger partial charge < -0.3 is 10.0 Å². The first kappa shape index (κ1) is 10.5. The van der Waals surface area contributed by atoms with E-state index in [9.17, 15) is 9.59 Å². The molecule has 84 valence electrons. The molecule has 0 bridgehead atoms. The van der Waals surface area contributed by atoms with Crippen LogP contribution in [0.5, 0.6) is 0 Å². The topological polar surface area (TPSA) is 57.6 Å². The molecule has 2 unspecified atom stereocenters. The molecule has 0 radical (unpaired) electrons. The predicted octanol–water partition coefficient (Wildman–Crippen LogP) is 1.11. The van der Waals surface area contributed by atoms with Gasteiger partial charge in [0.05, 0.1) is 0 Å². The summed E-state index contributed by atoms with van der Waals surface area (Å²) in [5.41, 5.74) is 0. The van der Waals surface area contributed by atoms with Crippen LogP contribution in [0.4, 0.5) is 0 Å². The van der Waals surface area contributed by atoms with Gasteiger partial charge in [-0.3, -0.25) is 4.79 Å². The lowest BCUT2D eigenvalue weighted by Crippen LogP contribution is -2.46. The van der Waals surface area contributed by atoms with Gasteiger partial charge >= 0.3 is 5.97 Å². The van der Waals surface area contributed by atoms with Crippen LogP contribution in [0, 0.1) is 11.8 Å². The van der Waals surface area contributed by atoms with Crippen LogP contribution in [-0.4, -0.2) is 34.5 Å². The van der Waals surface area contributed by atoms with Crippen molar-refractivity contribution in [1.29, 1.82) is 0 Å². The number of hydrogen-bond acceptors (Lipinski definition) is 2. The molecule has 0 aromatic carbocycles. The van der Waals surface area contributed by atoms with Gasteiger partial charge in [0.2, 0.25) is 5.91 Å². The standard InChI is InChI=1S/C11H17NO3/c1-7-5-6-12(9(7)11(14)15)10(13)8-3-2-4-8/h7-9H,2-6H2,1H3,(H,14,15). The smallest absolute Gasteiger partial charge is 0.326 e. The van der Waals surface area contributed by atoms with E-state index < -0.39 is 12.0 Å². The lowest BCUT2D eigenvalue weighted by atomic mass is 9.84. The normalized spacial score (nSPS) is 31.4. The van der Waals surface area contributed by atoms with Crippen molar-refractivity contribution in [1.82, 2.24) is 4.90 Å². The molecule has 1 N–H and O–H groups in total. The predicted molar refractivity (Wildman–Crippen MR) is 54.3 cm³/mol. The summed E-state index contributed by atoms with van der Waals surface area (Å²) in [5, 5.41) is 9.08. The van der Waals surface area contributed by atoms with Crippen LogP contribution < -0.4 is 0 Å². The Morgan fingerprint density at radius 2 is 1.93 bits per heavy atom. The second-order valence-electron chi connectivity index (χ2n) is 4.71. The first-order chi connectivity index (χ1) is 7.11. The Morgan fingerprint density at radius 3 is 2.40 bits per heavy atom. The maximum Gasteiger partial charge on any atom is 0.326 e. The fourth-order valence-electron chi connectivity index (χ4n) is 2.46. The zero-order valence-corrected chi connectivity index (χ0v) is 8.98. The number of likely N-dealkylation sites (tertiary alicyclic amines) is 1. The zero-order valence-electron chi connectivity index (χ0n) is 8.98. The van der Waals surface area contributed by atoms with Gasteiger partial charge in [0.25, 0.3) is 0 Å². The Bertz CT molecular complexity index is 286. The summed E-state index contributed by atoms with van der Waals surface area (Å²) in [4.78, 5) is 24.6. The average Bonchev–Trinajstić information content (AvgIpc) is 2.43. The minimum atomic E-state index is -0.854. The first-order valence-electron chi connectivity index (χ1n) is 5.64. The van der Waals surface area contributed by atoms with Crippen molar-refractivity contribution < 1.29 is 14.7 Å². The number of carbonyl (C=O) groups is 2. The number of carbonyl (C=O) groups excluding carboxylic acids is 1. The first-order valence-corrected chi connectivity index (χ1v) is 5.64. The molecule has 0 aromatic rings. The third-order valence-corrected chi connectivity index (χ3v) is 3.69. The minimum Gasteiger partial charge on any atom is -0.480 e. The molecule has 0 aromatic heterocycles. The van der Waals surface area contributed by atoms with Gasteiger partial charge in [0.1, 0.15) is 6.04 Å². The lowest BCUT2D eigenvalue weighted by molar-refractivity contribution is -0.152. The molecule has 1 heterocycles. The fraction of sp³-hybridized carbons (Fsp3) is 0.818. The van der Waals surface area contributed by atoms with E-state index in [2.05, 4.69) is 0 Å². The molecule has 0 spiro atoms. The maximum atomic E-state index is 12.0. The van der Waals surface area contributed by atoms with Crippen molar-refractivity contribution in [3.8, 4) is 0 Å². The van der Waals surface area contributed by atoms with Gasteiger partial charge in [-0.1, -0.05) is 13.3 Å². The second kappa shape index (κ2) is 3.83. The molecule has 2 atom stereocenters. The quantitative estimate of drug-likeness (QED) is 0.744. The highest BCUT2D eigenvalue weighted by molar-refractivity contribution is 5.86. The lowest BCUT2D eigenvalue weighted by Gasteiger charge is -2.31. The minimum absolute atomic E-state index is 0.0676. The van der Waals surface area contributed by atoms with Crippen LogP contribution in [0.15, 0.2) is 0 Å². The highest BCUT2D eigenvalue weighted by Crippen LogP contribution is 2.32. The van der Waals surface area contributed by atoms with Crippen molar-refractivity contribution >= 4 is 11.9 Å². The summed E-state index contributed by atoms with van der Waals surface area (Å²) in [7, 11) is 0. The largest absolute Gasteiger partial charge is 0.480 e. The molecule has 1 saturated heterocycles. The van der Waals surface area contributed by atoms with E-state index >= 15 is 0 Å². The molecule has 2 fully saturated rings. The number of carboxylic acids is 1. The fourth-order valence-corrected chi connectivity index (χ4v) is 2.46. The number of carboxylic acid groups (broad SMARTS) is 1.